The van der Waals surface area contributed by atoms with Gasteiger partial charge in [0.15, 0.2) is 0 Å². The zero-order valence-corrected chi connectivity index (χ0v) is 5.26. The molecular weight excluding hydrogens is 148 g/mol. The molecule has 1 aromatic heterocycles. The van der Waals surface area contributed by atoms with Crippen molar-refractivity contribution in [3.05, 3.63) is 12.4 Å². The van der Waals surface area contributed by atoms with E-state index in [2.05, 4.69) is 15.1 Å². The summed E-state index contributed by atoms with van der Waals surface area (Å²) in [7, 11) is 0. The van der Waals surface area contributed by atoms with E-state index >= 15 is 0 Å². The molecule has 0 unspecified atom stereocenters. The van der Waals surface area contributed by atoms with E-state index in [1.54, 1.807) is 0 Å². The Kier molecular flexibility index (Phi) is 2.07. The van der Waals surface area contributed by atoms with Gasteiger partial charge in [-0.15, -0.1) is 4.99 Å². The summed E-state index contributed by atoms with van der Waals surface area (Å²) in [4.78, 5) is 26.2. The Morgan fingerprint density at radius 1 is 1.45 bits per heavy atom. The standard InChI is InChI=1S/C5H2N4O2/c10-3-7-5-6-1-2-9(5)8-4-11/h1-2H. The number of isocyanates is 2. The summed E-state index contributed by atoms with van der Waals surface area (Å²) in [5, 5.41) is 3.16. The van der Waals surface area contributed by atoms with Crippen molar-refractivity contribution in [3.8, 4) is 0 Å². The zero-order chi connectivity index (χ0) is 8.10. The van der Waals surface area contributed by atoms with E-state index in [1.165, 1.54) is 24.6 Å². The lowest BCUT2D eigenvalue weighted by Crippen LogP contribution is -1.83. The molecule has 0 N–H and O–H groups in total. The number of hydrogen-bond acceptors (Lipinski definition) is 5. The maximum absolute atomic E-state index is 9.75. The third kappa shape index (κ3) is 1.46. The third-order valence-corrected chi connectivity index (χ3v) is 0.897. The van der Waals surface area contributed by atoms with Crippen LogP contribution in [-0.4, -0.2) is 21.8 Å². The van der Waals surface area contributed by atoms with Crippen LogP contribution in [0.15, 0.2) is 22.5 Å². The molecule has 0 aliphatic carbocycles. The van der Waals surface area contributed by atoms with E-state index in [-0.39, 0.29) is 5.95 Å². The van der Waals surface area contributed by atoms with Crippen LogP contribution in [0.1, 0.15) is 0 Å². The molecule has 0 aliphatic heterocycles. The molecule has 0 saturated heterocycles. The van der Waals surface area contributed by atoms with Gasteiger partial charge in [0.1, 0.15) is 0 Å². The highest BCUT2D eigenvalue weighted by atomic mass is 16.1. The third-order valence-electron chi connectivity index (χ3n) is 0.897. The summed E-state index contributed by atoms with van der Waals surface area (Å²) >= 11 is 0. The van der Waals surface area contributed by atoms with Gasteiger partial charge in [-0.2, -0.15) is 4.68 Å². The Bertz CT molecular complexity index is 311. The average Bonchev–Trinajstić information content (AvgIpc) is 2.39. The molecule has 0 fully saturated rings. The second kappa shape index (κ2) is 3.22. The highest BCUT2D eigenvalue weighted by molar-refractivity contribution is 5.42. The lowest BCUT2D eigenvalue weighted by molar-refractivity contribution is 0.558. The minimum atomic E-state index is 0.00310. The summed E-state index contributed by atoms with van der Waals surface area (Å²) in [6, 6.07) is 0. The van der Waals surface area contributed by atoms with Crippen LogP contribution in [0.4, 0.5) is 5.95 Å². The number of carbonyl (C=O) groups excluding carboxylic acids is 2. The fourth-order valence-electron chi connectivity index (χ4n) is 0.532. The summed E-state index contributed by atoms with van der Waals surface area (Å²) in [5.41, 5.74) is 0. The molecule has 54 valence electrons. The molecule has 11 heavy (non-hydrogen) atoms. The van der Waals surface area contributed by atoms with E-state index in [9.17, 15) is 9.59 Å². The van der Waals surface area contributed by atoms with E-state index in [1.807, 2.05) is 0 Å². The largest absolute Gasteiger partial charge is 0.262 e. The van der Waals surface area contributed by atoms with Gasteiger partial charge in [0.25, 0.3) is 12.0 Å². The van der Waals surface area contributed by atoms with E-state index in [4.69, 9.17) is 0 Å². The van der Waals surface area contributed by atoms with Crippen LogP contribution in [0.25, 0.3) is 0 Å². The number of imidazole rings is 1. The van der Waals surface area contributed by atoms with Gasteiger partial charge in [-0.1, -0.05) is 5.10 Å². The van der Waals surface area contributed by atoms with E-state index in [0.29, 0.717) is 0 Å². The van der Waals surface area contributed by atoms with E-state index < -0.39 is 0 Å². The first-order chi connectivity index (χ1) is 5.38. The Labute approximate surface area is 60.9 Å². The molecule has 6 heteroatoms. The Hall–Kier alpha value is -2.03. The molecule has 0 amide bonds. The molecule has 1 rings (SSSR count). The molecule has 0 aromatic carbocycles. The molecule has 0 bridgehead atoms. The minimum Gasteiger partial charge on any atom is -0.217 e. The molecule has 0 spiro atoms. The summed E-state index contributed by atoms with van der Waals surface area (Å²) in [6.45, 7) is 0. The summed E-state index contributed by atoms with van der Waals surface area (Å²) < 4.78 is 1.01. The fraction of sp³-hybridized carbons (Fsp3) is 0. The van der Waals surface area contributed by atoms with Gasteiger partial charge in [-0.3, -0.25) is 0 Å². The van der Waals surface area contributed by atoms with Crippen molar-refractivity contribution in [1.82, 2.24) is 9.66 Å². The van der Waals surface area contributed by atoms with E-state index in [0.717, 1.165) is 4.68 Å². The van der Waals surface area contributed by atoms with Gasteiger partial charge in [0.05, 0.1) is 6.20 Å². The second-order valence-electron chi connectivity index (χ2n) is 1.47. The smallest absolute Gasteiger partial charge is 0.217 e. The Balaban J connectivity index is 3.14. The molecule has 1 aromatic rings. The Morgan fingerprint density at radius 3 is 2.91 bits per heavy atom. The summed E-state index contributed by atoms with van der Waals surface area (Å²) in [6.07, 6.45) is 5.25. The van der Waals surface area contributed by atoms with Gasteiger partial charge >= 0.3 is 0 Å². The molecule has 1 heterocycles. The topological polar surface area (TPSA) is 76.7 Å². The van der Waals surface area contributed by atoms with Crippen LogP contribution in [-0.2, 0) is 9.59 Å². The zero-order valence-electron chi connectivity index (χ0n) is 5.26. The van der Waals surface area contributed by atoms with Crippen LogP contribution >= 0.6 is 0 Å². The van der Waals surface area contributed by atoms with Crippen molar-refractivity contribution < 1.29 is 9.59 Å². The first kappa shape index (κ1) is 7.08. The van der Waals surface area contributed by atoms with Crippen molar-refractivity contribution in [1.29, 1.82) is 0 Å². The van der Waals surface area contributed by atoms with Crippen molar-refractivity contribution in [2.45, 2.75) is 0 Å². The highest BCUT2D eigenvalue weighted by Crippen LogP contribution is 2.05. The highest BCUT2D eigenvalue weighted by Gasteiger charge is 1.96. The van der Waals surface area contributed by atoms with Crippen molar-refractivity contribution in [2.24, 2.45) is 10.1 Å². The van der Waals surface area contributed by atoms with Crippen molar-refractivity contribution >= 4 is 18.1 Å². The normalized spacial score (nSPS) is 8.00. The maximum atomic E-state index is 9.75. The number of aliphatic imine (C=N–C) groups is 1. The summed E-state index contributed by atoms with van der Waals surface area (Å²) in [5.74, 6) is 0.00310. The van der Waals surface area contributed by atoms with Crippen LogP contribution in [0, 0.1) is 0 Å². The minimum absolute atomic E-state index is 0.00310. The number of rotatable bonds is 2. The van der Waals surface area contributed by atoms with Crippen LogP contribution in [0.2, 0.25) is 0 Å². The number of aromatic nitrogens is 2. The fourth-order valence-corrected chi connectivity index (χ4v) is 0.532. The quantitative estimate of drug-likeness (QED) is 0.438. The van der Waals surface area contributed by atoms with Gasteiger partial charge in [0, 0.05) is 6.20 Å². The molecule has 0 saturated carbocycles. The predicted octanol–water partition coefficient (Wildman–Crippen LogP) is -0.0507. The lowest BCUT2D eigenvalue weighted by atomic mass is 11.0. The first-order valence-corrected chi connectivity index (χ1v) is 2.58. The second-order valence-corrected chi connectivity index (χ2v) is 1.47. The molecule has 0 atom stereocenters. The van der Waals surface area contributed by atoms with Gasteiger partial charge in [0.2, 0.25) is 6.08 Å². The van der Waals surface area contributed by atoms with Crippen molar-refractivity contribution in [2.75, 3.05) is 0 Å². The molecule has 0 radical (unpaired) electrons. The average molecular weight is 150 g/mol. The molecule has 0 aliphatic rings. The van der Waals surface area contributed by atoms with Crippen LogP contribution in [0.5, 0.6) is 0 Å². The SMILES string of the molecule is O=C=Nc1nccn1N=C=O. The first-order valence-electron chi connectivity index (χ1n) is 2.58. The monoisotopic (exact) mass is 150 g/mol. The maximum Gasteiger partial charge on any atom is 0.262 e. The predicted molar refractivity (Wildman–Crippen MR) is 33.5 cm³/mol. The van der Waals surface area contributed by atoms with Gasteiger partial charge < -0.3 is 0 Å². The van der Waals surface area contributed by atoms with Gasteiger partial charge in [-0.05, 0) is 0 Å². The molecular formula is C5H2N4O2. The van der Waals surface area contributed by atoms with Crippen molar-refractivity contribution in [3.63, 3.8) is 0 Å². The lowest BCUT2D eigenvalue weighted by Gasteiger charge is -1.86. The van der Waals surface area contributed by atoms with Crippen LogP contribution < -0.4 is 0 Å². The Morgan fingerprint density at radius 2 is 2.27 bits per heavy atom. The van der Waals surface area contributed by atoms with Gasteiger partial charge in [-0.25, -0.2) is 14.6 Å². The van der Waals surface area contributed by atoms with Crippen LogP contribution in [0.3, 0.4) is 0 Å². The number of hydrogen-bond donors (Lipinski definition) is 0. The number of nitrogens with zero attached hydrogens (tertiary/aromatic N) is 4. The molecule has 6 nitrogen and oxygen atoms in total.